The summed E-state index contributed by atoms with van der Waals surface area (Å²) < 4.78 is 13.9. The predicted octanol–water partition coefficient (Wildman–Crippen LogP) is 4.48. The molecule has 4 rings (SSSR count). The molecule has 0 atom stereocenters. The second-order valence-electron chi connectivity index (χ2n) is 9.75. The quantitative estimate of drug-likeness (QED) is 0.327. The number of nitrogens with two attached hydrogens (primary N) is 1. The summed E-state index contributed by atoms with van der Waals surface area (Å²) in [6.45, 7) is 3.28. The molecule has 0 bridgehead atoms. The predicted molar refractivity (Wildman–Crippen MR) is 146 cm³/mol. The molecule has 38 heavy (non-hydrogen) atoms. The number of carbonyl (C=O) groups is 3. The van der Waals surface area contributed by atoms with Gasteiger partial charge in [0.1, 0.15) is 5.82 Å². The molecule has 0 spiro atoms. The van der Waals surface area contributed by atoms with Crippen molar-refractivity contribution in [3.8, 4) is 0 Å². The lowest BCUT2D eigenvalue weighted by molar-refractivity contribution is -0.137. The van der Waals surface area contributed by atoms with Gasteiger partial charge in [-0.1, -0.05) is 18.2 Å². The molecule has 1 aliphatic heterocycles. The normalized spacial score (nSPS) is 14.0. The number of carboxylic acids is 1. The minimum atomic E-state index is -1.03. The zero-order valence-electron chi connectivity index (χ0n) is 21.3. The number of anilines is 3. The topological polar surface area (TPSA) is 125 Å². The average molecular weight is 517 g/mol. The van der Waals surface area contributed by atoms with Crippen LogP contribution in [0.1, 0.15) is 37.0 Å². The van der Waals surface area contributed by atoms with Gasteiger partial charge in [-0.15, -0.1) is 0 Å². The van der Waals surface area contributed by atoms with Crippen LogP contribution < -0.4 is 21.3 Å². The fraction of sp³-hybridized carbons (Fsp3) is 0.207. The van der Waals surface area contributed by atoms with E-state index in [0.29, 0.717) is 45.9 Å². The molecule has 3 aromatic rings. The molecule has 5 N–H and O–H groups in total. The van der Waals surface area contributed by atoms with E-state index in [9.17, 15) is 18.8 Å². The maximum Gasteiger partial charge on any atom is 0.303 e. The zero-order chi connectivity index (χ0) is 27.6. The summed E-state index contributed by atoms with van der Waals surface area (Å²) in [6.07, 6.45) is 0.297. The number of nitrogens with one attached hydrogen (secondary N) is 2. The zero-order valence-corrected chi connectivity index (χ0v) is 21.3. The molecule has 2 amide bonds. The number of benzene rings is 3. The molecule has 196 valence electrons. The molecule has 0 aliphatic carbocycles. The third-order valence-corrected chi connectivity index (χ3v) is 6.20. The second-order valence-corrected chi connectivity index (χ2v) is 9.75. The molecule has 3 aromatic carbocycles. The van der Waals surface area contributed by atoms with Gasteiger partial charge in [0.25, 0.3) is 5.91 Å². The largest absolute Gasteiger partial charge is 0.481 e. The van der Waals surface area contributed by atoms with E-state index in [1.165, 1.54) is 17.0 Å². The summed E-state index contributed by atoms with van der Waals surface area (Å²) in [6, 6.07) is 18.4. The van der Waals surface area contributed by atoms with E-state index in [4.69, 9.17) is 10.8 Å². The molecule has 9 heteroatoms. The van der Waals surface area contributed by atoms with E-state index in [1.54, 1.807) is 57.3 Å². The van der Waals surface area contributed by atoms with E-state index >= 15 is 0 Å². The van der Waals surface area contributed by atoms with Crippen LogP contribution in [0.15, 0.2) is 66.7 Å². The van der Waals surface area contributed by atoms with Crippen LogP contribution >= 0.6 is 0 Å². The van der Waals surface area contributed by atoms with Gasteiger partial charge in [0.2, 0.25) is 5.91 Å². The summed E-state index contributed by atoms with van der Waals surface area (Å²) in [5, 5.41) is 15.1. The first-order chi connectivity index (χ1) is 17.9. The Morgan fingerprint density at radius 1 is 1.08 bits per heavy atom. The molecule has 1 heterocycles. The lowest BCUT2D eigenvalue weighted by Gasteiger charge is -2.26. The molecule has 0 fully saturated rings. The Morgan fingerprint density at radius 2 is 1.79 bits per heavy atom. The Labute approximate surface area is 220 Å². The highest BCUT2D eigenvalue weighted by Gasteiger charge is 2.29. The maximum absolute atomic E-state index is 13.9. The number of amides is 2. The molecule has 0 radical (unpaired) electrons. The lowest BCUT2D eigenvalue weighted by Crippen LogP contribution is -2.49. The third-order valence-electron chi connectivity index (χ3n) is 6.20. The fourth-order valence-electron chi connectivity index (χ4n) is 4.27. The molecule has 0 saturated heterocycles. The number of fused-ring (bicyclic) bond motifs is 1. The van der Waals surface area contributed by atoms with Gasteiger partial charge in [0.05, 0.1) is 22.5 Å². The van der Waals surface area contributed by atoms with Gasteiger partial charge in [-0.05, 0) is 79.9 Å². The van der Waals surface area contributed by atoms with Crippen LogP contribution in [-0.2, 0) is 20.8 Å². The highest BCUT2D eigenvalue weighted by atomic mass is 19.1. The smallest absolute Gasteiger partial charge is 0.303 e. The Bertz CT molecular complexity index is 1440. The number of aliphatic carboxylic acids is 1. The number of carbonyl (C=O) groups excluding carboxylic acids is 2. The van der Waals surface area contributed by atoms with Gasteiger partial charge >= 0.3 is 5.97 Å². The number of hydrogen-bond donors (Lipinski definition) is 4. The first-order valence-electron chi connectivity index (χ1n) is 12.0. The number of carboxylic acid groups (broad SMARTS) is 1. The van der Waals surface area contributed by atoms with E-state index in [0.717, 1.165) is 5.56 Å². The van der Waals surface area contributed by atoms with Gasteiger partial charge in [-0.2, -0.15) is 0 Å². The van der Waals surface area contributed by atoms with Crippen LogP contribution in [0.4, 0.5) is 21.5 Å². The molecule has 0 saturated carbocycles. The Balaban J connectivity index is 1.76. The van der Waals surface area contributed by atoms with E-state index in [1.807, 2.05) is 18.2 Å². The van der Waals surface area contributed by atoms with Crippen LogP contribution in [-0.4, -0.2) is 35.5 Å². The Hall–Kier alpha value is -4.50. The Morgan fingerprint density at radius 3 is 2.45 bits per heavy atom. The summed E-state index contributed by atoms with van der Waals surface area (Å²) in [4.78, 5) is 38.2. The number of hydrogen-bond acceptors (Lipinski definition) is 5. The molecular formula is C29H29FN4O4. The lowest BCUT2D eigenvalue weighted by atomic mass is 9.97. The van der Waals surface area contributed by atoms with Crippen molar-refractivity contribution in [2.75, 3.05) is 22.6 Å². The average Bonchev–Trinajstić information content (AvgIpc) is 3.19. The van der Waals surface area contributed by atoms with E-state index < -0.39 is 23.2 Å². The van der Waals surface area contributed by atoms with Crippen molar-refractivity contribution < 1.29 is 23.9 Å². The van der Waals surface area contributed by atoms with Crippen molar-refractivity contribution in [1.29, 1.82) is 0 Å². The van der Waals surface area contributed by atoms with E-state index in [-0.39, 0.29) is 12.3 Å². The van der Waals surface area contributed by atoms with E-state index in [2.05, 4.69) is 10.6 Å². The number of rotatable bonds is 8. The summed E-state index contributed by atoms with van der Waals surface area (Å²) in [7, 11) is 1.65. The standard InChI is InChI=1S/C29H29FN4O4/c1-29(2,31)28(38)34(3)21-11-9-20(10-12-21)32-26(18-6-4-5-17(15-18)7-14-24(35)36)25-22-13-8-19(30)16-23(22)33-27(25)37/h4-6,8-13,15-16,32H,7,14,31H2,1-3H3,(H,33,37)(H,35,36)/b26-25-. The number of nitrogens with zero attached hydrogens (tertiary/aromatic N) is 1. The molecule has 0 aromatic heterocycles. The molecule has 1 aliphatic rings. The van der Waals surface area contributed by atoms with Gasteiger partial charge in [0.15, 0.2) is 0 Å². The number of likely N-dealkylation sites (N-methyl/N-ethyl adjacent to an activating group) is 1. The van der Waals surface area contributed by atoms with Gasteiger partial charge in [-0.25, -0.2) is 4.39 Å². The van der Waals surface area contributed by atoms with Crippen molar-refractivity contribution >= 4 is 46.1 Å². The summed E-state index contributed by atoms with van der Waals surface area (Å²) >= 11 is 0. The summed E-state index contributed by atoms with van der Waals surface area (Å²) in [5.41, 5.74) is 9.38. The molecule has 8 nitrogen and oxygen atoms in total. The van der Waals surface area contributed by atoms with Crippen LogP contribution in [0.2, 0.25) is 0 Å². The fourth-order valence-corrected chi connectivity index (χ4v) is 4.27. The monoisotopic (exact) mass is 516 g/mol. The number of halogens is 1. The van der Waals surface area contributed by atoms with Crippen molar-refractivity contribution in [3.63, 3.8) is 0 Å². The van der Waals surface area contributed by atoms with Crippen molar-refractivity contribution in [2.45, 2.75) is 32.2 Å². The van der Waals surface area contributed by atoms with Crippen LogP contribution in [0.5, 0.6) is 0 Å². The third kappa shape index (κ3) is 5.73. The minimum Gasteiger partial charge on any atom is -0.481 e. The number of aryl methyl sites for hydroxylation is 1. The minimum absolute atomic E-state index is 0.0291. The Kier molecular flexibility index (Phi) is 7.32. The van der Waals surface area contributed by atoms with Crippen LogP contribution in [0, 0.1) is 5.82 Å². The van der Waals surface area contributed by atoms with Crippen molar-refractivity contribution in [1.82, 2.24) is 0 Å². The SMILES string of the molecule is CN(C(=O)C(C)(C)N)c1ccc(N/C(=C2\C(=O)Nc3cc(F)ccc32)c2cccc(CCC(=O)O)c2)cc1. The highest BCUT2D eigenvalue weighted by Crippen LogP contribution is 2.38. The van der Waals surface area contributed by atoms with Crippen molar-refractivity contribution in [2.24, 2.45) is 5.73 Å². The van der Waals surface area contributed by atoms with Crippen molar-refractivity contribution in [3.05, 3.63) is 89.2 Å². The summed E-state index contributed by atoms with van der Waals surface area (Å²) in [5.74, 6) is -2.01. The van der Waals surface area contributed by atoms with Crippen LogP contribution in [0.25, 0.3) is 11.3 Å². The molecular weight excluding hydrogens is 487 g/mol. The first kappa shape index (κ1) is 26.6. The van der Waals surface area contributed by atoms with Crippen LogP contribution in [0.3, 0.4) is 0 Å². The van der Waals surface area contributed by atoms with Gasteiger partial charge in [-0.3, -0.25) is 14.4 Å². The molecule has 0 unspecified atom stereocenters. The first-order valence-corrected chi connectivity index (χ1v) is 12.0. The second kappa shape index (κ2) is 10.5. The maximum atomic E-state index is 13.9. The van der Waals surface area contributed by atoms with Gasteiger partial charge < -0.3 is 26.4 Å². The van der Waals surface area contributed by atoms with Gasteiger partial charge in [0, 0.05) is 30.4 Å². The highest BCUT2D eigenvalue weighted by molar-refractivity contribution is 6.37.